The lowest BCUT2D eigenvalue weighted by Crippen LogP contribution is -2.44. The zero-order valence-electron chi connectivity index (χ0n) is 16.8. The van der Waals surface area contributed by atoms with E-state index in [2.05, 4.69) is 27.8 Å². The number of unbranched alkanes of at least 4 members (excludes halogenated alkanes) is 1. The number of amides is 2. The van der Waals surface area contributed by atoms with E-state index in [1.54, 1.807) is 14.0 Å². The summed E-state index contributed by atoms with van der Waals surface area (Å²) >= 11 is 1.28. The second-order valence-corrected chi connectivity index (χ2v) is 7.59. The van der Waals surface area contributed by atoms with E-state index in [9.17, 15) is 9.59 Å². The van der Waals surface area contributed by atoms with Crippen molar-refractivity contribution in [2.24, 2.45) is 5.92 Å². The molecule has 0 radical (unpaired) electrons. The Labute approximate surface area is 169 Å². The van der Waals surface area contributed by atoms with E-state index in [1.807, 2.05) is 31.2 Å². The van der Waals surface area contributed by atoms with Gasteiger partial charge in [0.25, 0.3) is 0 Å². The number of hydrogen-bond acceptors (Lipinski definition) is 6. The Morgan fingerprint density at radius 1 is 1.14 bits per heavy atom. The number of ether oxygens (including phenoxy) is 1. The fraction of sp³-hybridized carbons (Fsp3) is 0.500. The molecule has 0 saturated carbocycles. The predicted molar refractivity (Wildman–Crippen MR) is 111 cm³/mol. The Morgan fingerprint density at radius 3 is 2.46 bits per heavy atom. The summed E-state index contributed by atoms with van der Waals surface area (Å²) in [5, 5.41) is 14.8. The van der Waals surface area contributed by atoms with E-state index >= 15 is 0 Å². The van der Waals surface area contributed by atoms with Crippen LogP contribution in [0.2, 0.25) is 0 Å². The predicted octanol–water partition coefficient (Wildman–Crippen LogP) is 3.87. The van der Waals surface area contributed by atoms with Crippen LogP contribution in [0.4, 0.5) is 5.13 Å². The van der Waals surface area contributed by atoms with Crippen molar-refractivity contribution < 1.29 is 14.3 Å². The van der Waals surface area contributed by atoms with Crippen molar-refractivity contribution in [2.75, 3.05) is 12.4 Å². The largest absolute Gasteiger partial charge is 0.497 e. The van der Waals surface area contributed by atoms with Gasteiger partial charge in [-0.05, 0) is 44.0 Å². The third-order valence-electron chi connectivity index (χ3n) is 4.51. The van der Waals surface area contributed by atoms with Gasteiger partial charge in [0.15, 0.2) is 0 Å². The van der Waals surface area contributed by atoms with Gasteiger partial charge in [0.1, 0.15) is 16.8 Å². The molecule has 2 rings (SSSR count). The van der Waals surface area contributed by atoms with Crippen LogP contribution in [-0.2, 0) is 9.59 Å². The maximum absolute atomic E-state index is 12.4. The summed E-state index contributed by atoms with van der Waals surface area (Å²) < 4.78 is 5.14. The van der Waals surface area contributed by atoms with Gasteiger partial charge in [-0.2, -0.15) is 0 Å². The summed E-state index contributed by atoms with van der Waals surface area (Å²) in [4.78, 5) is 24.8. The van der Waals surface area contributed by atoms with Gasteiger partial charge in [0, 0.05) is 11.5 Å². The molecule has 0 aliphatic heterocycles. The highest BCUT2D eigenvalue weighted by Gasteiger charge is 2.22. The first-order valence-corrected chi connectivity index (χ1v) is 10.4. The van der Waals surface area contributed by atoms with Gasteiger partial charge in [-0.3, -0.25) is 14.9 Å². The fourth-order valence-electron chi connectivity index (χ4n) is 2.71. The Hall–Kier alpha value is -2.48. The molecule has 0 saturated heterocycles. The van der Waals surface area contributed by atoms with Crippen LogP contribution in [0.15, 0.2) is 24.3 Å². The zero-order chi connectivity index (χ0) is 20.5. The molecule has 0 aliphatic carbocycles. The first-order chi connectivity index (χ1) is 13.5. The molecule has 152 valence electrons. The van der Waals surface area contributed by atoms with E-state index in [1.165, 1.54) is 11.3 Å². The first-order valence-electron chi connectivity index (χ1n) is 9.57. The van der Waals surface area contributed by atoms with Crippen LogP contribution >= 0.6 is 11.3 Å². The van der Waals surface area contributed by atoms with E-state index in [0.717, 1.165) is 37.0 Å². The summed E-state index contributed by atoms with van der Waals surface area (Å²) in [5.74, 6) is 0.319. The highest BCUT2D eigenvalue weighted by Crippen LogP contribution is 2.27. The number of carbonyl (C=O) groups is 2. The molecule has 2 aromatic rings. The minimum absolute atomic E-state index is 0.0570. The Kier molecular flexibility index (Phi) is 8.38. The lowest BCUT2D eigenvalue weighted by Gasteiger charge is -2.18. The molecule has 0 fully saturated rings. The quantitative estimate of drug-likeness (QED) is 0.627. The minimum atomic E-state index is -0.642. The van der Waals surface area contributed by atoms with Gasteiger partial charge in [0.05, 0.1) is 7.11 Å². The van der Waals surface area contributed by atoms with Crippen LogP contribution in [0, 0.1) is 5.92 Å². The summed E-state index contributed by atoms with van der Waals surface area (Å²) in [6.07, 6.45) is 3.66. The number of benzene rings is 1. The molecular formula is C20H28N4O3S. The van der Waals surface area contributed by atoms with Crippen molar-refractivity contribution in [1.82, 2.24) is 15.5 Å². The second kappa shape index (κ2) is 10.8. The number of rotatable bonds is 10. The molecule has 1 heterocycles. The number of nitrogens with zero attached hydrogens (tertiary/aromatic N) is 2. The van der Waals surface area contributed by atoms with Crippen LogP contribution in [0.1, 0.15) is 46.5 Å². The molecule has 28 heavy (non-hydrogen) atoms. The molecule has 1 aromatic heterocycles. The van der Waals surface area contributed by atoms with Gasteiger partial charge >= 0.3 is 0 Å². The van der Waals surface area contributed by atoms with Gasteiger partial charge in [-0.25, -0.2) is 0 Å². The number of anilines is 1. The highest BCUT2D eigenvalue weighted by molar-refractivity contribution is 7.18. The molecule has 0 bridgehead atoms. The third kappa shape index (κ3) is 6.02. The standard InChI is InChI=1S/C20H28N4O3S/c1-5-7-8-14(6-2)18(26)21-13(3)17(25)22-20-24-23-19(28-20)15-9-11-16(27-4)12-10-15/h9-14H,5-8H2,1-4H3,(H,21,26)(H,22,24,25)/t13-,14+/m1/s1. The van der Waals surface area contributed by atoms with Crippen molar-refractivity contribution in [2.45, 2.75) is 52.5 Å². The lowest BCUT2D eigenvalue weighted by molar-refractivity contribution is -0.129. The van der Waals surface area contributed by atoms with Crippen LogP contribution in [0.25, 0.3) is 10.6 Å². The molecule has 0 unspecified atom stereocenters. The smallest absolute Gasteiger partial charge is 0.248 e. The molecule has 7 nitrogen and oxygen atoms in total. The number of hydrogen-bond donors (Lipinski definition) is 2. The second-order valence-electron chi connectivity index (χ2n) is 6.61. The molecule has 2 amide bonds. The van der Waals surface area contributed by atoms with Gasteiger partial charge in [0.2, 0.25) is 16.9 Å². The normalized spacial score (nSPS) is 12.9. The first kappa shape index (κ1) is 21.8. The average Bonchev–Trinajstić information content (AvgIpc) is 3.17. The van der Waals surface area contributed by atoms with Crippen LogP contribution in [0.5, 0.6) is 5.75 Å². The number of methoxy groups -OCH3 is 1. The van der Waals surface area contributed by atoms with Gasteiger partial charge < -0.3 is 10.1 Å². The number of nitrogens with one attached hydrogen (secondary N) is 2. The lowest BCUT2D eigenvalue weighted by atomic mass is 9.98. The zero-order valence-corrected chi connectivity index (χ0v) is 17.6. The molecular weight excluding hydrogens is 376 g/mol. The van der Waals surface area contributed by atoms with Crippen LogP contribution in [-0.4, -0.2) is 35.2 Å². The fourth-order valence-corrected chi connectivity index (χ4v) is 3.46. The van der Waals surface area contributed by atoms with Crippen molar-refractivity contribution in [3.63, 3.8) is 0 Å². The van der Waals surface area contributed by atoms with Gasteiger partial charge in [-0.15, -0.1) is 10.2 Å². The maximum atomic E-state index is 12.4. The van der Waals surface area contributed by atoms with E-state index in [0.29, 0.717) is 10.1 Å². The van der Waals surface area contributed by atoms with Crippen molar-refractivity contribution in [3.05, 3.63) is 24.3 Å². The molecule has 2 atom stereocenters. The number of aromatic nitrogens is 2. The molecule has 8 heteroatoms. The van der Waals surface area contributed by atoms with E-state index < -0.39 is 6.04 Å². The summed E-state index contributed by atoms with van der Waals surface area (Å²) in [5.41, 5.74) is 0.891. The number of carbonyl (C=O) groups excluding carboxylic acids is 2. The summed E-state index contributed by atoms with van der Waals surface area (Å²) in [6.45, 7) is 5.76. The van der Waals surface area contributed by atoms with Crippen LogP contribution in [0.3, 0.4) is 0 Å². The molecule has 0 aliphatic rings. The van der Waals surface area contributed by atoms with Crippen molar-refractivity contribution >= 4 is 28.3 Å². The molecule has 2 N–H and O–H groups in total. The van der Waals surface area contributed by atoms with Crippen molar-refractivity contribution in [1.29, 1.82) is 0 Å². The maximum Gasteiger partial charge on any atom is 0.248 e. The topological polar surface area (TPSA) is 93.2 Å². The van der Waals surface area contributed by atoms with Crippen molar-refractivity contribution in [3.8, 4) is 16.3 Å². The summed E-state index contributed by atoms with van der Waals surface area (Å²) in [7, 11) is 1.61. The van der Waals surface area contributed by atoms with E-state index in [-0.39, 0.29) is 17.7 Å². The Balaban J connectivity index is 1.93. The Morgan fingerprint density at radius 2 is 1.86 bits per heavy atom. The minimum Gasteiger partial charge on any atom is -0.497 e. The summed E-state index contributed by atoms with van der Waals surface area (Å²) in [6, 6.07) is 6.81. The SMILES string of the molecule is CCCC[C@H](CC)C(=O)N[C@H](C)C(=O)Nc1nnc(-c2ccc(OC)cc2)s1. The average molecular weight is 405 g/mol. The van der Waals surface area contributed by atoms with Crippen LogP contribution < -0.4 is 15.4 Å². The monoisotopic (exact) mass is 404 g/mol. The van der Waals surface area contributed by atoms with Gasteiger partial charge in [-0.1, -0.05) is 38.0 Å². The Bertz CT molecular complexity index is 776. The third-order valence-corrected chi connectivity index (χ3v) is 5.40. The van der Waals surface area contributed by atoms with E-state index in [4.69, 9.17) is 4.74 Å². The molecule has 0 spiro atoms. The molecule has 1 aromatic carbocycles. The highest BCUT2D eigenvalue weighted by atomic mass is 32.1.